The number of carboxylic acids is 1. The van der Waals surface area contributed by atoms with Crippen LogP contribution in [0.25, 0.3) is 27.5 Å². The minimum absolute atomic E-state index is 0.105. The molecule has 0 aliphatic carbocycles. The zero-order chi connectivity index (χ0) is 24.6. The van der Waals surface area contributed by atoms with Gasteiger partial charge in [0.05, 0.1) is 28.4 Å². The first-order chi connectivity index (χ1) is 16.1. The zero-order valence-corrected chi connectivity index (χ0v) is 18.7. The van der Waals surface area contributed by atoms with Crippen LogP contribution in [0, 0.1) is 12.7 Å². The van der Waals surface area contributed by atoms with Crippen LogP contribution in [0.4, 0.5) is 17.6 Å². The molecule has 0 fully saturated rings. The van der Waals surface area contributed by atoms with Crippen molar-refractivity contribution in [2.24, 2.45) is 0 Å². The van der Waals surface area contributed by atoms with Gasteiger partial charge in [0.2, 0.25) is 5.13 Å². The smallest absolute Gasteiger partial charge is 0.416 e. The van der Waals surface area contributed by atoms with Gasteiger partial charge in [-0.15, -0.1) is 0 Å². The molecule has 6 nitrogen and oxygen atoms in total. The van der Waals surface area contributed by atoms with Crippen LogP contribution in [0.2, 0.25) is 0 Å². The number of halogens is 4. The Morgan fingerprint density at radius 1 is 1.15 bits per heavy atom. The van der Waals surface area contributed by atoms with Crippen LogP contribution >= 0.6 is 11.3 Å². The quantitative estimate of drug-likeness (QED) is 0.336. The van der Waals surface area contributed by atoms with E-state index in [1.807, 2.05) is 0 Å². The summed E-state index contributed by atoms with van der Waals surface area (Å²) in [7, 11) is 1.46. The number of aryl methyl sites for hydroxylation is 1. The number of alkyl halides is 3. The lowest BCUT2D eigenvalue weighted by Gasteiger charge is -2.07. The Balaban J connectivity index is 1.86. The number of ether oxygens (including phenoxy) is 1. The molecule has 34 heavy (non-hydrogen) atoms. The highest BCUT2D eigenvalue weighted by molar-refractivity contribution is 7.14. The molecule has 1 N–H and O–H groups in total. The third-order valence-corrected chi connectivity index (χ3v) is 6.01. The first-order valence-corrected chi connectivity index (χ1v) is 10.7. The summed E-state index contributed by atoms with van der Waals surface area (Å²) in [6.45, 7) is 1.71. The van der Waals surface area contributed by atoms with Gasteiger partial charge in [0.15, 0.2) is 5.69 Å². The number of hydrogen-bond acceptors (Lipinski definition) is 5. The summed E-state index contributed by atoms with van der Waals surface area (Å²) < 4.78 is 59.0. The average molecular weight is 491 g/mol. The Bertz CT molecular complexity index is 1360. The van der Waals surface area contributed by atoms with Gasteiger partial charge in [-0.3, -0.25) is 0 Å². The number of benzene rings is 2. The first-order valence-electron chi connectivity index (χ1n) is 9.85. The summed E-state index contributed by atoms with van der Waals surface area (Å²) in [4.78, 5) is 17.3. The van der Waals surface area contributed by atoms with E-state index < -0.39 is 23.5 Å². The van der Waals surface area contributed by atoms with E-state index in [9.17, 15) is 27.5 Å². The molecule has 2 aromatic carbocycles. The van der Waals surface area contributed by atoms with Gasteiger partial charge in [-0.05, 0) is 36.8 Å². The monoisotopic (exact) mass is 491 g/mol. The molecule has 2 heterocycles. The van der Waals surface area contributed by atoms with Crippen molar-refractivity contribution in [1.29, 1.82) is 0 Å². The molecule has 176 valence electrons. The van der Waals surface area contributed by atoms with Crippen molar-refractivity contribution in [1.82, 2.24) is 14.8 Å². The molecular weight excluding hydrogens is 474 g/mol. The summed E-state index contributed by atoms with van der Waals surface area (Å²) >= 11 is 1.10. The lowest BCUT2D eigenvalue weighted by molar-refractivity contribution is -0.137. The van der Waals surface area contributed by atoms with Crippen molar-refractivity contribution in [2.45, 2.75) is 19.7 Å². The van der Waals surface area contributed by atoms with Crippen LogP contribution < -0.4 is 0 Å². The summed E-state index contributed by atoms with van der Waals surface area (Å²) in [6.07, 6.45) is -4.47. The number of methoxy groups -OCH3 is 1. The van der Waals surface area contributed by atoms with Crippen LogP contribution in [0.1, 0.15) is 26.6 Å². The Labute approximate surface area is 195 Å². The normalized spacial score (nSPS) is 11.7. The van der Waals surface area contributed by atoms with Crippen molar-refractivity contribution >= 4 is 17.3 Å². The maximum Gasteiger partial charge on any atom is 0.416 e. The molecule has 0 amide bonds. The average Bonchev–Trinajstić information content (AvgIpc) is 3.34. The molecule has 0 aliphatic heterocycles. The van der Waals surface area contributed by atoms with Gasteiger partial charge in [0.1, 0.15) is 5.82 Å². The lowest BCUT2D eigenvalue weighted by Crippen LogP contribution is -2.09. The predicted molar refractivity (Wildman–Crippen MR) is 117 cm³/mol. The second-order valence-corrected chi connectivity index (χ2v) is 8.37. The molecular formula is C23H17F4N3O3S. The Kier molecular flexibility index (Phi) is 6.24. The van der Waals surface area contributed by atoms with Gasteiger partial charge in [-0.25, -0.2) is 14.2 Å². The second kappa shape index (κ2) is 8.99. The minimum atomic E-state index is -4.47. The van der Waals surface area contributed by atoms with Crippen LogP contribution in [-0.4, -0.2) is 33.0 Å². The topological polar surface area (TPSA) is 77.2 Å². The van der Waals surface area contributed by atoms with E-state index in [1.54, 1.807) is 13.0 Å². The summed E-state index contributed by atoms with van der Waals surface area (Å²) in [5.41, 5.74) is 0.698. The Morgan fingerprint density at radius 2 is 1.85 bits per heavy atom. The van der Waals surface area contributed by atoms with E-state index in [1.165, 1.54) is 37.4 Å². The highest BCUT2D eigenvalue weighted by Gasteiger charge is 2.30. The predicted octanol–water partition coefficient (Wildman–Crippen LogP) is 5.97. The number of hydrogen-bond donors (Lipinski definition) is 1. The third-order valence-electron chi connectivity index (χ3n) is 5.00. The lowest BCUT2D eigenvalue weighted by atomic mass is 10.0. The van der Waals surface area contributed by atoms with Gasteiger partial charge >= 0.3 is 12.1 Å². The number of aromatic nitrogens is 3. The van der Waals surface area contributed by atoms with Gasteiger partial charge in [-0.1, -0.05) is 35.6 Å². The number of carboxylic acid groups (broad SMARTS) is 1. The minimum Gasteiger partial charge on any atom is -0.476 e. The van der Waals surface area contributed by atoms with Crippen molar-refractivity contribution in [2.75, 3.05) is 7.11 Å². The number of carbonyl (C=O) groups is 1. The van der Waals surface area contributed by atoms with Gasteiger partial charge in [0.25, 0.3) is 0 Å². The van der Waals surface area contributed by atoms with E-state index in [-0.39, 0.29) is 23.0 Å². The van der Waals surface area contributed by atoms with Gasteiger partial charge in [-0.2, -0.15) is 23.0 Å². The van der Waals surface area contributed by atoms with Gasteiger partial charge in [0, 0.05) is 18.2 Å². The third kappa shape index (κ3) is 4.44. The number of aromatic carboxylic acids is 1. The van der Waals surface area contributed by atoms with Crippen LogP contribution in [0.15, 0.2) is 48.5 Å². The number of thiazole rings is 1. The van der Waals surface area contributed by atoms with Crippen molar-refractivity contribution in [3.8, 4) is 27.5 Å². The molecule has 0 atom stereocenters. The molecule has 4 rings (SSSR count). The fraction of sp³-hybridized carbons (Fsp3) is 0.174. The van der Waals surface area contributed by atoms with Crippen LogP contribution in [-0.2, 0) is 17.5 Å². The highest BCUT2D eigenvalue weighted by Crippen LogP contribution is 2.36. The molecule has 2 aromatic heterocycles. The van der Waals surface area contributed by atoms with Crippen molar-refractivity contribution < 1.29 is 32.2 Å². The Morgan fingerprint density at radius 3 is 2.44 bits per heavy atom. The van der Waals surface area contributed by atoms with Crippen LogP contribution in [0.5, 0.6) is 0 Å². The molecule has 0 bridgehead atoms. The van der Waals surface area contributed by atoms with Crippen molar-refractivity contribution in [3.05, 3.63) is 76.2 Å². The molecule has 11 heteroatoms. The molecule has 0 spiro atoms. The summed E-state index contributed by atoms with van der Waals surface area (Å²) in [6, 6.07) is 10.0. The van der Waals surface area contributed by atoms with E-state index in [0.717, 1.165) is 28.2 Å². The molecule has 0 saturated carbocycles. The fourth-order valence-corrected chi connectivity index (χ4v) is 4.57. The van der Waals surface area contributed by atoms with Gasteiger partial charge < -0.3 is 9.84 Å². The molecule has 0 unspecified atom stereocenters. The maximum atomic E-state index is 13.8. The fourth-order valence-electron chi connectivity index (χ4n) is 3.55. The van der Waals surface area contributed by atoms with E-state index in [2.05, 4.69) is 10.1 Å². The molecule has 0 aliphatic rings. The largest absolute Gasteiger partial charge is 0.476 e. The SMILES string of the molecule is COCc1sc(-n2nc(C)c(-c3cccc(F)c3)c2C(=O)O)nc1-c1ccc(C(F)(F)F)cc1. The van der Waals surface area contributed by atoms with Crippen LogP contribution in [0.3, 0.4) is 0 Å². The van der Waals surface area contributed by atoms with Crippen molar-refractivity contribution in [3.63, 3.8) is 0 Å². The molecule has 0 radical (unpaired) electrons. The first kappa shape index (κ1) is 23.6. The highest BCUT2D eigenvalue weighted by atomic mass is 32.1. The standard InChI is InChI=1S/C23H17F4N3O3S/c1-12-18(14-4-3-5-16(24)10-14)20(21(31)32)30(29-12)22-28-19(17(34-22)11-33-2)13-6-8-15(9-7-13)23(25,26)27/h3-10H,11H2,1-2H3,(H,31,32). The van der Waals surface area contributed by atoms with E-state index in [4.69, 9.17) is 4.74 Å². The maximum absolute atomic E-state index is 13.8. The molecule has 4 aromatic rings. The molecule has 0 saturated heterocycles. The summed E-state index contributed by atoms with van der Waals surface area (Å²) in [5, 5.41) is 14.5. The van der Waals surface area contributed by atoms with E-state index in [0.29, 0.717) is 27.4 Å². The number of rotatable bonds is 6. The summed E-state index contributed by atoms with van der Waals surface area (Å²) in [5.74, 6) is -1.82. The van der Waals surface area contributed by atoms with E-state index >= 15 is 0 Å². The Hall–Kier alpha value is -3.57. The second-order valence-electron chi connectivity index (χ2n) is 7.31. The number of nitrogens with zero attached hydrogens (tertiary/aromatic N) is 3. The zero-order valence-electron chi connectivity index (χ0n) is 17.9.